The Hall–Kier alpha value is -3.79. The van der Waals surface area contributed by atoms with Crippen molar-refractivity contribution in [3.63, 3.8) is 0 Å². The minimum Gasteiger partial charge on any atom is -0.444 e. The van der Waals surface area contributed by atoms with Crippen LogP contribution >= 0.6 is 0 Å². The van der Waals surface area contributed by atoms with E-state index in [1.165, 1.54) is 0 Å². The molecule has 5 rings (SSSR count). The van der Waals surface area contributed by atoms with E-state index in [9.17, 15) is 9.59 Å². The molecule has 38 heavy (non-hydrogen) atoms. The van der Waals surface area contributed by atoms with Crippen molar-refractivity contribution >= 4 is 23.7 Å². The lowest BCUT2D eigenvalue weighted by Crippen LogP contribution is -2.42. The Bertz CT molecular complexity index is 1250. The van der Waals surface area contributed by atoms with Crippen LogP contribution in [0, 0.1) is 10.8 Å². The summed E-state index contributed by atoms with van der Waals surface area (Å²) in [6, 6.07) is 1.41. The van der Waals surface area contributed by atoms with Gasteiger partial charge in [0.1, 0.15) is 23.5 Å². The zero-order valence-corrected chi connectivity index (χ0v) is 21.8. The Kier molecular flexibility index (Phi) is 7.42. The molecule has 1 aliphatic carbocycles. The smallest absolute Gasteiger partial charge is 0.410 e. The van der Waals surface area contributed by atoms with Crippen LogP contribution in [0.1, 0.15) is 56.2 Å². The van der Waals surface area contributed by atoms with Gasteiger partial charge >= 0.3 is 6.09 Å². The van der Waals surface area contributed by atoms with Crippen molar-refractivity contribution in [2.75, 3.05) is 19.8 Å². The fourth-order valence-electron chi connectivity index (χ4n) is 5.41. The Morgan fingerprint density at radius 1 is 1.29 bits per heavy atom. The van der Waals surface area contributed by atoms with Crippen molar-refractivity contribution < 1.29 is 20.5 Å². The first kappa shape index (κ1) is 25.8. The molecule has 0 aromatic carbocycles. The van der Waals surface area contributed by atoms with Crippen molar-refractivity contribution in [3.05, 3.63) is 64.5 Å². The van der Waals surface area contributed by atoms with Crippen LogP contribution in [0.2, 0.25) is 0 Å². The fraction of sp³-hybridized carbons (Fsp3) is 0.464. The lowest BCUT2D eigenvalue weighted by Gasteiger charge is -2.30. The van der Waals surface area contributed by atoms with E-state index < -0.39 is 6.04 Å². The van der Waals surface area contributed by atoms with Gasteiger partial charge in [0.2, 0.25) is 0 Å². The van der Waals surface area contributed by atoms with E-state index in [0.717, 1.165) is 23.1 Å². The summed E-state index contributed by atoms with van der Waals surface area (Å²) in [5, 5.41) is 20.1. The van der Waals surface area contributed by atoms with E-state index in [-0.39, 0.29) is 37.1 Å². The molecular formula is C28H36N6O4. The van der Waals surface area contributed by atoms with Crippen molar-refractivity contribution in [1.82, 2.24) is 20.1 Å². The normalized spacial score (nSPS) is 25.8. The number of pyridine rings is 1. The Morgan fingerprint density at radius 2 is 2.13 bits per heavy atom. The molecule has 3 N–H and O–H groups in total. The maximum absolute atomic E-state index is 13.3. The quantitative estimate of drug-likeness (QED) is 0.411. The standard InChI is InChI=1S/C28H34N6O4.H2/c1-3-21-22(26(30)34-17(2)7-8-25(34)29)5-4-6-23(21)32-27(35)24-13-19-15-33(11-9-18(19)14-31-24)28(36)38-20-10-12-37-16-20;/h3-6,13-14,17,20,23,29-30H,7-12,15-16H2,1-2H3,(H,32,35);1H/b21-3-,29-25?,30-26?;/t17-,20?,23?;/m1./s1. The van der Waals surface area contributed by atoms with Gasteiger partial charge in [-0.15, -0.1) is 0 Å². The molecule has 1 aromatic heterocycles. The highest BCUT2D eigenvalue weighted by Crippen LogP contribution is 2.28. The van der Waals surface area contributed by atoms with E-state index in [1.807, 2.05) is 38.2 Å². The van der Waals surface area contributed by atoms with Crippen LogP contribution in [0.15, 0.2) is 47.7 Å². The number of aromatic nitrogens is 1. The number of nitrogens with one attached hydrogen (secondary N) is 3. The largest absolute Gasteiger partial charge is 0.444 e. The summed E-state index contributed by atoms with van der Waals surface area (Å²) in [4.78, 5) is 33.7. The van der Waals surface area contributed by atoms with Gasteiger partial charge in [0, 0.05) is 45.2 Å². The molecule has 4 aliphatic rings. The number of likely N-dealkylation sites (tertiary alicyclic amines) is 1. The third-order valence-corrected chi connectivity index (χ3v) is 7.58. The SMILES string of the molecule is C/C=C1/C(C(=N)N2C(=N)CC[C@H]2C)=CC=CC1NC(=O)c1cc2c(cn1)CCN(C(=O)OC1CCOC1)C2.[HH]. The highest BCUT2D eigenvalue weighted by atomic mass is 16.6. The van der Waals surface area contributed by atoms with Crippen LogP contribution in [0.3, 0.4) is 0 Å². The molecule has 10 heteroatoms. The van der Waals surface area contributed by atoms with E-state index in [4.69, 9.17) is 20.3 Å². The molecule has 0 saturated carbocycles. The number of hydrogen-bond acceptors (Lipinski definition) is 7. The Balaban J connectivity index is 0.00000353. The van der Waals surface area contributed by atoms with Gasteiger partial charge in [0.25, 0.3) is 5.91 Å². The molecule has 10 nitrogen and oxygen atoms in total. The zero-order chi connectivity index (χ0) is 26.8. The van der Waals surface area contributed by atoms with Gasteiger partial charge in [-0.3, -0.25) is 20.6 Å². The van der Waals surface area contributed by atoms with E-state index in [0.29, 0.717) is 57.0 Å². The van der Waals surface area contributed by atoms with E-state index in [2.05, 4.69) is 10.3 Å². The third kappa shape index (κ3) is 5.13. The number of amidine groups is 2. The van der Waals surface area contributed by atoms with Gasteiger partial charge in [-0.2, -0.15) is 0 Å². The predicted molar refractivity (Wildman–Crippen MR) is 144 cm³/mol. The summed E-state index contributed by atoms with van der Waals surface area (Å²) in [6.07, 6.45) is 11.5. The van der Waals surface area contributed by atoms with Gasteiger partial charge in [-0.25, -0.2) is 4.79 Å². The Labute approximate surface area is 223 Å². The van der Waals surface area contributed by atoms with E-state index in [1.54, 1.807) is 22.1 Å². The first-order valence-corrected chi connectivity index (χ1v) is 13.2. The summed E-state index contributed by atoms with van der Waals surface area (Å²) in [5.41, 5.74) is 3.67. The van der Waals surface area contributed by atoms with Gasteiger partial charge in [-0.05, 0) is 49.5 Å². The van der Waals surface area contributed by atoms with Crippen LogP contribution in [-0.2, 0) is 22.4 Å². The van der Waals surface area contributed by atoms with Crippen molar-refractivity contribution in [1.29, 1.82) is 10.8 Å². The number of hydrogen-bond donors (Lipinski definition) is 3. The van der Waals surface area contributed by atoms with Crippen LogP contribution in [0.5, 0.6) is 0 Å². The number of carbonyl (C=O) groups excluding carboxylic acids is 2. The lowest BCUT2D eigenvalue weighted by atomic mass is 9.91. The lowest BCUT2D eigenvalue weighted by molar-refractivity contribution is 0.0516. The average molecular weight is 521 g/mol. The molecule has 0 bridgehead atoms. The first-order chi connectivity index (χ1) is 18.4. The maximum atomic E-state index is 13.3. The number of ether oxygens (including phenoxy) is 2. The molecule has 2 unspecified atom stereocenters. The predicted octanol–water partition coefficient (Wildman–Crippen LogP) is 3.59. The highest BCUT2D eigenvalue weighted by molar-refractivity contribution is 6.11. The summed E-state index contributed by atoms with van der Waals surface area (Å²) in [7, 11) is 0. The first-order valence-electron chi connectivity index (χ1n) is 13.2. The third-order valence-electron chi connectivity index (χ3n) is 7.58. The molecule has 3 atom stereocenters. The molecular weight excluding hydrogens is 484 g/mol. The summed E-state index contributed by atoms with van der Waals surface area (Å²) in [6.45, 7) is 5.85. The monoisotopic (exact) mass is 520 g/mol. The maximum Gasteiger partial charge on any atom is 0.410 e. The minimum absolute atomic E-state index is 0. The molecule has 2 fully saturated rings. The second kappa shape index (κ2) is 10.9. The zero-order valence-electron chi connectivity index (χ0n) is 21.8. The molecule has 2 amide bonds. The molecule has 4 heterocycles. The van der Waals surface area contributed by atoms with Crippen LogP contribution in [0.25, 0.3) is 0 Å². The summed E-state index contributed by atoms with van der Waals surface area (Å²) >= 11 is 0. The molecule has 3 aliphatic heterocycles. The highest BCUT2D eigenvalue weighted by Gasteiger charge is 2.33. The van der Waals surface area contributed by atoms with Crippen LogP contribution in [0.4, 0.5) is 4.79 Å². The van der Waals surface area contributed by atoms with Crippen molar-refractivity contribution in [3.8, 4) is 0 Å². The van der Waals surface area contributed by atoms with Crippen LogP contribution in [-0.4, -0.2) is 76.4 Å². The second-order valence-electron chi connectivity index (χ2n) is 10.1. The van der Waals surface area contributed by atoms with Gasteiger partial charge in [0.15, 0.2) is 0 Å². The van der Waals surface area contributed by atoms with Crippen molar-refractivity contribution in [2.24, 2.45) is 0 Å². The fourth-order valence-corrected chi connectivity index (χ4v) is 5.41. The number of nitrogens with zero attached hydrogens (tertiary/aromatic N) is 3. The Morgan fingerprint density at radius 3 is 2.84 bits per heavy atom. The molecule has 0 spiro atoms. The van der Waals surface area contributed by atoms with Gasteiger partial charge < -0.3 is 24.6 Å². The van der Waals surface area contributed by atoms with Gasteiger partial charge in [0.05, 0.1) is 19.3 Å². The molecule has 1 aromatic rings. The second-order valence-corrected chi connectivity index (χ2v) is 10.1. The topological polar surface area (TPSA) is 132 Å². The van der Waals surface area contributed by atoms with Gasteiger partial charge in [-0.1, -0.05) is 24.3 Å². The number of allylic oxidation sites excluding steroid dienone is 3. The average Bonchev–Trinajstić information content (AvgIpc) is 3.56. The van der Waals surface area contributed by atoms with Crippen LogP contribution < -0.4 is 5.32 Å². The summed E-state index contributed by atoms with van der Waals surface area (Å²) in [5.74, 6) is 0.390. The minimum atomic E-state index is -0.433. The number of fused-ring (bicyclic) bond motifs is 1. The molecule has 202 valence electrons. The summed E-state index contributed by atoms with van der Waals surface area (Å²) < 4.78 is 10.9. The number of carbonyl (C=O) groups is 2. The van der Waals surface area contributed by atoms with Crippen molar-refractivity contribution in [2.45, 2.75) is 64.3 Å². The van der Waals surface area contributed by atoms with E-state index >= 15 is 0 Å². The number of amides is 2. The number of rotatable bonds is 4. The molecule has 2 saturated heterocycles. The molecule has 0 radical (unpaired) electrons.